The molecule has 0 unspecified atom stereocenters. The van der Waals surface area contributed by atoms with Gasteiger partial charge in [0, 0.05) is 17.1 Å². The Balaban J connectivity index is 1.78. The molecule has 9 heteroatoms. The van der Waals surface area contributed by atoms with Crippen LogP contribution in [0.2, 0.25) is 0 Å². The molecule has 5 nitrogen and oxygen atoms in total. The highest BCUT2D eigenvalue weighted by molar-refractivity contribution is 7.13. The van der Waals surface area contributed by atoms with Crippen LogP contribution >= 0.6 is 11.3 Å². The van der Waals surface area contributed by atoms with Gasteiger partial charge in [0.2, 0.25) is 0 Å². The summed E-state index contributed by atoms with van der Waals surface area (Å²) in [6.07, 6.45) is -2.83. The summed E-state index contributed by atoms with van der Waals surface area (Å²) >= 11 is 1.19. The SMILES string of the molecule is COC1=C(n2cccc2-c2nc(-c3ccccc3C(F)(F)F)cs2)C(=O)OC1. The van der Waals surface area contributed by atoms with Crippen LogP contribution in [0.15, 0.2) is 53.7 Å². The molecule has 2 aromatic heterocycles. The molecule has 1 aromatic carbocycles. The minimum absolute atomic E-state index is 0.00711. The summed E-state index contributed by atoms with van der Waals surface area (Å²) in [5, 5.41) is 2.04. The van der Waals surface area contributed by atoms with Crippen LogP contribution in [0.1, 0.15) is 5.56 Å². The molecule has 3 heterocycles. The molecule has 0 amide bonds. The van der Waals surface area contributed by atoms with E-state index in [0.29, 0.717) is 16.5 Å². The Morgan fingerprint density at radius 2 is 2.00 bits per heavy atom. The van der Waals surface area contributed by atoms with Gasteiger partial charge in [-0.3, -0.25) is 0 Å². The van der Waals surface area contributed by atoms with Gasteiger partial charge in [0.1, 0.15) is 5.01 Å². The van der Waals surface area contributed by atoms with E-state index in [0.717, 1.165) is 6.07 Å². The molecule has 0 fully saturated rings. The summed E-state index contributed by atoms with van der Waals surface area (Å²) in [4.78, 5) is 16.5. The van der Waals surface area contributed by atoms with Crippen molar-refractivity contribution in [3.8, 4) is 22.0 Å². The first kappa shape index (κ1) is 18.3. The van der Waals surface area contributed by atoms with E-state index in [9.17, 15) is 18.0 Å². The van der Waals surface area contributed by atoms with Crippen LogP contribution in [-0.4, -0.2) is 29.2 Å². The summed E-state index contributed by atoms with van der Waals surface area (Å²) in [5.74, 6) is -0.157. The molecule has 28 heavy (non-hydrogen) atoms. The predicted molar refractivity (Wildman–Crippen MR) is 97.2 cm³/mol. The molecule has 0 bridgehead atoms. The third-order valence-corrected chi connectivity index (χ3v) is 5.12. The van der Waals surface area contributed by atoms with Gasteiger partial charge in [-0.1, -0.05) is 18.2 Å². The van der Waals surface area contributed by atoms with Gasteiger partial charge in [-0.2, -0.15) is 13.2 Å². The lowest BCUT2D eigenvalue weighted by atomic mass is 10.1. The van der Waals surface area contributed by atoms with Crippen LogP contribution < -0.4 is 0 Å². The molecule has 0 N–H and O–H groups in total. The number of cyclic esters (lactones) is 1. The van der Waals surface area contributed by atoms with Crippen molar-refractivity contribution >= 4 is 23.0 Å². The summed E-state index contributed by atoms with van der Waals surface area (Å²) in [6.45, 7) is 0.0321. The molecule has 1 aliphatic heterocycles. The number of aromatic nitrogens is 2. The smallest absolute Gasteiger partial charge is 0.417 e. The second-order valence-corrected chi connectivity index (χ2v) is 6.75. The Morgan fingerprint density at radius 3 is 2.75 bits per heavy atom. The van der Waals surface area contributed by atoms with E-state index >= 15 is 0 Å². The highest BCUT2D eigenvalue weighted by Crippen LogP contribution is 2.39. The predicted octanol–water partition coefficient (Wildman–Crippen LogP) is 4.67. The first-order valence-electron chi connectivity index (χ1n) is 8.14. The van der Waals surface area contributed by atoms with Crippen molar-refractivity contribution in [2.45, 2.75) is 6.18 Å². The number of halogens is 3. The second-order valence-electron chi connectivity index (χ2n) is 5.90. The number of rotatable bonds is 4. The maximum absolute atomic E-state index is 13.3. The Bertz CT molecular complexity index is 1080. The molecule has 1 aliphatic rings. The van der Waals surface area contributed by atoms with Crippen molar-refractivity contribution in [2.24, 2.45) is 0 Å². The molecule has 144 valence electrons. The van der Waals surface area contributed by atoms with Crippen LogP contribution in [0.3, 0.4) is 0 Å². The first-order valence-corrected chi connectivity index (χ1v) is 9.02. The highest BCUT2D eigenvalue weighted by atomic mass is 32.1. The van der Waals surface area contributed by atoms with Gasteiger partial charge in [-0.25, -0.2) is 9.78 Å². The minimum atomic E-state index is -4.48. The van der Waals surface area contributed by atoms with Gasteiger partial charge >= 0.3 is 12.1 Å². The van der Waals surface area contributed by atoms with Gasteiger partial charge < -0.3 is 14.0 Å². The number of esters is 1. The summed E-state index contributed by atoms with van der Waals surface area (Å²) in [5.41, 5.74) is 0.272. The minimum Gasteiger partial charge on any atom is -0.495 e. The van der Waals surface area contributed by atoms with Gasteiger partial charge in [0.25, 0.3) is 0 Å². The van der Waals surface area contributed by atoms with E-state index in [1.807, 2.05) is 0 Å². The first-order chi connectivity index (χ1) is 13.4. The molecule has 0 aliphatic carbocycles. The number of alkyl halides is 3. The van der Waals surface area contributed by atoms with E-state index in [4.69, 9.17) is 9.47 Å². The quantitative estimate of drug-likeness (QED) is 0.591. The van der Waals surface area contributed by atoms with Gasteiger partial charge in [-0.15, -0.1) is 11.3 Å². The van der Waals surface area contributed by atoms with Gasteiger partial charge in [0.05, 0.1) is 24.1 Å². The molecular weight excluding hydrogens is 393 g/mol. The Hall–Kier alpha value is -3.07. The van der Waals surface area contributed by atoms with Gasteiger partial charge in [-0.05, 0) is 18.2 Å². The summed E-state index contributed by atoms with van der Waals surface area (Å²) in [7, 11) is 1.44. The van der Waals surface area contributed by atoms with Crippen LogP contribution in [0, 0.1) is 0 Å². The fourth-order valence-corrected chi connectivity index (χ4v) is 3.83. The maximum Gasteiger partial charge on any atom is 0.417 e. The fourth-order valence-electron chi connectivity index (χ4n) is 2.99. The lowest BCUT2D eigenvalue weighted by Crippen LogP contribution is -2.07. The lowest BCUT2D eigenvalue weighted by Gasteiger charge is -2.10. The molecule has 0 saturated carbocycles. The van der Waals surface area contributed by atoms with Crippen molar-refractivity contribution in [3.63, 3.8) is 0 Å². The third-order valence-electron chi connectivity index (χ3n) is 4.26. The Labute approximate surface area is 161 Å². The van der Waals surface area contributed by atoms with Crippen molar-refractivity contribution < 1.29 is 27.4 Å². The molecule has 0 saturated heterocycles. The normalized spacial score (nSPS) is 14.5. The van der Waals surface area contributed by atoms with Crippen molar-refractivity contribution in [1.82, 2.24) is 9.55 Å². The van der Waals surface area contributed by atoms with Crippen molar-refractivity contribution in [3.05, 3.63) is 59.3 Å². The zero-order valence-corrected chi connectivity index (χ0v) is 15.3. The average molecular weight is 406 g/mol. The van der Waals surface area contributed by atoms with E-state index < -0.39 is 17.7 Å². The standard InChI is InChI=1S/C19H13F3N2O3S/c1-26-15-9-27-18(25)16(15)24-8-4-7-14(24)17-23-13(10-28-17)11-5-2-3-6-12(11)19(20,21)22/h2-8,10H,9H2,1H3. The molecule has 0 spiro atoms. The number of ether oxygens (including phenoxy) is 2. The van der Waals surface area contributed by atoms with E-state index in [-0.39, 0.29) is 23.6 Å². The number of hydrogen-bond acceptors (Lipinski definition) is 5. The van der Waals surface area contributed by atoms with E-state index in [2.05, 4.69) is 4.98 Å². The number of thiazole rings is 1. The molecule has 3 aromatic rings. The third kappa shape index (κ3) is 3.07. The molecular formula is C19H13F3N2O3S. The highest BCUT2D eigenvalue weighted by Gasteiger charge is 2.34. The van der Waals surface area contributed by atoms with Crippen molar-refractivity contribution in [1.29, 1.82) is 0 Å². The van der Waals surface area contributed by atoms with Crippen LogP contribution in [0.25, 0.3) is 27.7 Å². The summed E-state index contributed by atoms with van der Waals surface area (Å²) < 4.78 is 51.7. The monoisotopic (exact) mass is 406 g/mol. The maximum atomic E-state index is 13.3. The Morgan fingerprint density at radius 1 is 1.21 bits per heavy atom. The fraction of sp³-hybridized carbons (Fsp3) is 0.158. The van der Waals surface area contributed by atoms with Crippen LogP contribution in [0.4, 0.5) is 13.2 Å². The number of hydrogen-bond donors (Lipinski definition) is 0. The second kappa shape index (κ2) is 6.83. The van der Waals surface area contributed by atoms with Gasteiger partial charge in [0.15, 0.2) is 18.1 Å². The molecule has 0 atom stereocenters. The molecule has 0 radical (unpaired) electrons. The zero-order chi connectivity index (χ0) is 19.9. The largest absolute Gasteiger partial charge is 0.495 e. The van der Waals surface area contributed by atoms with Crippen LogP contribution in [0.5, 0.6) is 0 Å². The number of carbonyl (C=O) groups excluding carboxylic acids is 1. The van der Waals surface area contributed by atoms with Crippen molar-refractivity contribution in [2.75, 3.05) is 13.7 Å². The molecule has 4 rings (SSSR count). The Kier molecular flexibility index (Phi) is 4.46. The lowest BCUT2D eigenvalue weighted by molar-refractivity contribution is -0.137. The zero-order valence-electron chi connectivity index (χ0n) is 14.5. The van der Waals surface area contributed by atoms with E-state index in [1.54, 1.807) is 28.3 Å². The number of nitrogens with zero attached hydrogens (tertiary/aromatic N) is 2. The van der Waals surface area contributed by atoms with Crippen LogP contribution in [-0.2, 0) is 20.4 Å². The topological polar surface area (TPSA) is 53.4 Å². The number of benzene rings is 1. The number of carbonyl (C=O) groups is 1. The van der Waals surface area contributed by atoms with E-state index in [1.165, 1.54) is 36.6 Å². The number of methoxy groups -OCH3 is 1. The summed E-state index contributed by atoms with van der Waals surface area (Å²) in [6, 6.07) is 8.74. The average Bonchev–Trinajstić information content (AvgIpc) is 3.39.